The van der Waals surface area contributed by atoms with Gasteiger partial charge in [-0.05, 0) is 6.92 Å². The second kappa shape index (κ2) is 4.05. The van der Waals surface area contributed by atoms with Gasteiger partial charge in [-0.2, -0.15) is 0 Å². The van der Waals surface area contributed by atoms with Crippen molar-refractivity contribution in [3.8, 4) is 0 Å². The summed E-state index contributed by atoms with van der Waals surface area (Å²) in [5, 5.41) is 19.2. The maximum absolute atomic E-state index is 8.46. The van der Waals surface area contributed by atoms with Crippen LogP contribution in [-0.4, -0.2) is 29.6 Å². The van der Waals surface area contributed by atoms with Gasteiger partial charge in [-0.25, -0.2) is 0 Å². The van der Waals surface area contributed by atoms with Crippen molar-refractivity contribution in [1.82, 2.24) is 5.32 Å². The van der Waals surface area contributed by atoms with Crippen molar-refractivity contribution in [1.29, 1.82) is 0 Å². The van der Waals surface area contributed by atoms with Crippen LogP contribution < -0.4 is 5.32 Å². The average molecular weight is 105 g/mol. The summed E-state index contributed by atoms with van der Waals surface area (Å²) in [7, 11) is 0. The van der Waals surface area contributed by atoms with Crippen LogP contribution in [0.3, 0.4) is 0 Å². The van der Waals surface area contributed by atoms with Crippen molar-refractivity contribution in [2.24, 2.45) is 0 Å². The van der Waals surface area contributed by atoms with Crippen LogP contribution in [0, 0.1) is 0 Å². The predicted molar refractivity (Wildman–Crippen MR) is 26.8 cm³/mol. The highest BCUT2D eigenvalue weighted by atomic mass is 16.3. The van der Waals surface area contributed by atoms with Gasteiger partial charge in [-0.1, -0.05) is 0 Å². The summed E-state index contributed by atoms with van der Waals surface area (Å²) < 4.78 is 0. The predicted octanol–water partition coefficient (Wildman–Crippen LogP) is -1.09. The van der Waals surface area contributed by atoms with E-state index in [1.807, 2.05) is 0 Å². The summed E-state index contributed by atoms with van der Waals surface area (Å²) >= 11 is 0. The molecule has 0 amide bonds. The summed E-state index contributed by atoms with van der Waals surface area (Å²) in [5.74, 6) is 0. The van der Waals surface area contributed by atoms with Crippen LogP contribution in [0.5, 0.6) is 0 Å². The number of nitrogens with one attached hydrogen (secondary N) is 1. The fourth-order valence-corrected chi connectivity index (χ4v) is 0.273. The van der Waals surface area contributed by atoms with Crippen molar-refractivity contribution >= 4 is 0 Å². The first-order valence-corrected chi connectivity index (χ1v) is 2.29. The molecule has 0 bridgehead atoms. The molecule has 0 aliphatic carbocycles. The molecule has 0 heterocycles. The fraction of sp³-hybridized carbons (Fsp3) is 1.00. The summed E-state index contributed by atoms with van der Waals surface area (Å²) in [6.45, 7) is 2.14. The summed E-state index contributed by atoms with van der Waals surface area (Å²) in [6, 6.07) is 0. The highest BCUT2D eigenvalue weighted by Crippen LogP contribution is 1.66. The Labute approximate surface area is 43.0 Å². The van der Waals surface area contributed by atoms with Gasteiger partial charge >= 0.3 is 0 Å². The van der Waals surface area contributed by atoms with Crippen LogP contribution in [-0.2, 0) is 0 Å². The summed E-state index contributed by atoms with van der Waals surface area (Å²) in [4.78, 5) is 0. The number of rotatable bonds is 3. The van der Waals surface area contributed by atoms with E-state index in [0.717, 1.165) is 0 Å². The van der Waals surface area contributed by atoms with Crippen molar-refractivity contribution < 1.29 is 10.2 Å². The Hall–Kier alpha value is -0.120. The van der Waals surface area contributed by atoms with E-state index in [2.05, 4.69) is 5.32 Å². The lowest BCUT2D eigenvalue weighted by Gasteiger charge is -2.02. The van der Waals surface area contributed by atoms with E-state index < -0.39 is 6.23 Å². The molecule has 3 heteroatoms. The van der Waals surface area contributed by atoms with Crippen LogP contribution in [0.1, 0.15) is 6.92 Å². The standard InChI is InChI=1S/C4H11NO2/c1-4(7)5-2-3-6/h4-7H,2-3H2,1H3. The molecule has 0 aliphatic heterocycles. The Bertz CT molecular complexity index is 38.7. The summed E-state index contributed by atoms with van der Waals surface area (Å²) in [6.07, 6.45) is -0.507. The second-order valence-electron chi connectivity index (χ2n) is 1.35. The topological polar surface area (TPSA) is 52.5 Å². The van der Waals surface area contributed by atoms with E-state index in [0.29, 0.717) is 6.54 Å². The zero-order chi connectivity index (χ0) is 5.70. The van der Waals surface area contributed by atoms with Gasteiger partial charge in [0.05, 0.1) is 6.61 Å². The van der Waals surface area contributed by atoms with Gasteiger partial charge in [-0.15, -0.1) is 0 Å². The van der Waals surface area contributed by atoms with Gasteiger partial charge in [0.2, 0.25) is 0 Å². The first kappa shape index (κ1) is 6.88. The summed E-state index contributed by atoms with van der Waals surface area (Å²) in [5.41, 5.74) is 0. The Morgan fingerprint density at radius 1 is 1.71 bits per heavy atom. The molecule has 0 rings (SSSR count). The maximum atomic E-state index is 8.46. The zero-order valence-electron chi connectivity index (χ0n) is 4.39. The fourth-order valence-electron chi connectivity index (χ4n) is 0.273. The minimum atomic E-state index is -0.507. The molecule has 1 atom stereocenters. The van der Waals surface area contributed by atoms with Crippen LogP contribution in [0.25, 0.3) is 0 Å². The second-order valence-corrected chi connectivity index (χ2v) is 1.35. The number of aliphatic hydroxyl groups is 2. The van der Waals surface area contributed by atoms with Crippen molar-refractivity contribution in [2.75, 3.05) is 13.2 Å². The molecule has 44 valence electrons. The maximum Gasteiger partial charge on any atom is 0.102 e. The molecule has 0 radical (unpaired) electrons. The lowest BCUT2D eigenvalue weighted by atomic mass is 10.6. The molecule has 7 heavy (non-hydrogen) atoms. The van der Waals surface area contributed by atoms with E-state index >= 15 is 0 Å². The Balaban J connectivity index is 2.68. The molecule has 3 nitrogen and oxygen atoms in total. The lowest BCUT2D eigenvalue weighted by molar-refractivity contribution is 0.145. The van der Waals surface area contributed by atoms with Crippen LogP contribution in [0.15, 0.2) is 0 Å². The lowest BCUT2D eigenvalue weighted by Crippen LogP contribution is -2.27. The van der Waals surface area contributed by atoms with E-state index in [1.54, 1.807) is 6.92 Å². The highest BCUT2D eigenvalue weighted by molar-refractivity contribution is 4.41. The van der Waals surface area contributed by atoms with Gasteiger partial charge < -0.3 is 10.2 Å². The molecule has 3 N–H and O–H groups in total. The molecular formula is C4H11NO2. The molecule has 0 aliphatic rings. The van der Waals surface area contributed by atoms with Crippen molar-refractivity contribution in [3.05, 3.63) is 0 Å². The molecular weight excluding hydrogens is 94.0 g/mol. The van der Waals surface area contributed by atoms with E-state index in [4.69, 9.17) is 10.2 Å². The highest BCUT2D eigenvalue weighted by Gasteiger charge is 1.87. The zero-order valence-corrected chi connectivity index (χ0v) is 4.39. The number of hydrogen-bond donors (Lipinski definition) is 3. The largest absolute Gasteiger partial charge is 0.395 e. The molecule has 0 fully saturated rings. The van der Waals surface area contributed by atoms with Crippen LogP contribution in [0.2, 0.25) is 0 Å². The monoisotopic (exact) mass is 105 g/mol. The minimum Gasteiger partial charge on any atom is -0.395 e. The molecule has 0 spiro atoms. The molecule has 0 aromatic carbocycles. The smallest absolute Gasteiger partial charge is 0.102 e. The van der Waals surface area contributed by atoms with Gasteiger partial charge in [0.1, 0.15) is 6.23 Å². The first-order chi connectivity index (χ1) is 3.27. The SMILES string of the molecule is CC(O)NCCO. The molecule has 0 saturated heterocycles. The third-order valence-corrected chi connectivity index (χ3v) is 0.552. The van der Waals surface area contributed by atoms with Gasteiger partial charge in [0.25, 0.3) is 0 Å². The number of hydrogen-bond acceptors (Lipinski definition) is 3. The molecule has 0 aromatic rings. The van der Waals surface area contributed by atoms with E-state index in [-0.39, 0.29) is 6.61 Å². The van der Waals surface area contributed by atoms with Gasteiger partial charge in [0, 0.05) is 6.54 Å². The third kappa shape index (κ3) is 5.88. The van der Waals surface area contributed by atoms with Gasteiger partial charge in [-0.3, -0.25) is 5.32 Å². The average Bonchev–Trinajstić information content (AvgIpc) is 1.61. The minimum absolute atomic E-state index is 0.0743. The quantitative estimate of drug-likeness (QED) is 0.400. The normalized spacial score (nSPS) is 14.1. The molecule has 0 aromatic heterocycles. The van der Waals surface area contributed by atoms with Crippen molar-refractivity contribution in [2.45, 2.75) is 13.2 Å². The van der Waals surface area contributed by atoms with Crippen molar-refractivity contribution in [3.63, 3.8) is 0 Å². The molecule has 0 saturated carbocycles. The van der Waals surface area contributed by atoms with E-state index in [9.17, 15) is 0 Å². The van der Waals surface area contributed by atoms with E-state index in [1.165, 1.54) is 0 Å². The van der Waals surface area contributed by atoms with Gasteiger partial charge in [0.15, 0.2) is 0 Å². The third-order valence-electron chi connectivity index (χ3n) is 0.552. The Morgan fingerprint density at radius 3 is 2.43 bits per heavy atom. The first-order valence-electron chi connectivity index (χ1n) is 2.29. The molecule has 1 unspecified atom stereocenters. The Kier molecular flexibility index (Phi) is 3.98. The Morgan fingerprint density at radius 2 is 2.29 bits per heavy atom. The van der Waals surface area contributed by atoms with Crippen LogP contribution >= 0.6 is 0 Å². The van der Waals surface area contributed by atoms with Crippen LogP contribution in [0.4, 0.5) is 0 Å². The number of aliphatic hydroxyl groups excluding tert-OH is 2.